The molecule has 0 aliphatic carbocycles. The maximum absolute atomic E-state index is 5.75. The summed E-state index contributed by atoms with van der Waals surface area (Å²) in [6.45, 7) is 10.7. The second-order valence-electron chi connectivity index (χ2n) is 5.07. The molecule has 0 saturated carbocycles. The van der Waals surface area contributed by atoms with Gasteiger partial charge in [-0.25, -0.2) is 0 Å². The van der Waals surface area contributed by atoms with Gasteiger partial charge in [0.15, 0.2) is 0 Å². The summed E-state index contributed by atoms with van der Waals surface area (Å²) in [5.74, 6) is 1.06. The zero-order valence-corrected chi connectivity index (χ0v) is 12.2. The van der Waals surface area contributed by atoms with Crippen LogP contribution >= 0.6 is 0 Å². The molecule has 106 valence electrons. The van der Waals surface area contributed by atoms with Crippen LogP contribution in [0.5, 0.6) is 5.75 Å². The van der Waals surface area contributed by atoms with Gasteiger partial charge >= 0.3 is 0 Å². The lowest BCUT2D eigenvalue weighted by molar-refractivity contribution is 0.242. The Labute approximate surface area is 116 Å². The number of benzene rings is 1. The van der Waals surface area contributed by atoms with E-state index in [0.717, 1.165) is 57.9 Å². The zero-order valence-electron chi connectivity index (χ0n) is 12.2. The smallest absolute Gasteiger partial charge is 0.122 e. The SMILES string of the molecule is CCOc1ccc(CC)cc1CCN1CCNCC1. The molecule has 1 aliphatic rings. The quantitative estimate of drug-likeness (QED) is 0.849. The zero-order chi connectivity index (χ0) is 13.5. The minimum absolute atomic E-state index is 0.742. The number of ether oxygens (including phenoxy) is 1. The number of hydrogen-bond acceptors (Lipinski definition) is 3. The van der Waals surface area contributed by atoms with Gasteiger partial charge in [-0.1, -0.05) is 19.1 Å². The minimum atomic E-state index is 0.742. The summed E-state index contributed by atoms with van der Waals surface area (Å²) >= 11 is 0. The van der Waals surface area contributed by atoms with Crippen molar-refractivity contribution in [3.63, 3.8) is 0 Å². The highest BCUT2D eigenvalue weighted by atomic mass is 16.5. The van der Waals surface area contributed by atoms with E-state index in [2.05, 4.69) is 35.3 Å². The molecule has 1 aliphatic heterocycles. The third-order valence-corrected chi connectivity index (χ3v) is 3.74. The normalized spacial score (nSPS) is 16.5. The van der Waals surface area contributed by atoms with Crippen LogP contribution in [-0.4, -0.2) is 44.2 Å². The number of aryl methyl sites for hydroxylation is 1. The average Bonchev–Trinajstić information content (AvgIpc) is 2.47. The maximum Gasteiger partial charge on any atom is 0.122 e. The van der Waals surface area contributed by atoms with Gasteiger partial charge in [0.05, 0.1) is 6.61 Å². The van der Waals surface area contributed by atoms with Crippen molar-refractivity contribution in [2.24, 2.45) is 0 Å². The molecular weight excluding hydrogens is 236 g/mol. The molecule has 0 aromatic heterocycles. The Kier molecular flexibility index (Phi) is 5.67. The van der Waals surface area contributed by atoms with E-state index in [1.807, 2.05) is 6.92 Å². The van der Waals surface area contributed by atoms with Gasteiger partial charge in [-0.15, -0.1) is 0 Å². The van der Waals surface area contributed by atoms with E-state index in [1.165, 1.54) is 11.1 Å². The van der Waals surface area contributed by atoms with Crippen LogP contribution in [0.1, 0.15) is 25.0 Å². The molecule has 1 saturated heterocycles. The fourth-order valence-corrected chi connectivity index (χ4v) is 2.56. The predicted molar refractivity (Wildman–Crippen MR) is 80.0 cm³/mol. The first-order chi connectivity index (χ1) is 9.33. The van der Waals surface area contributed by atoms with E-state index >= 15 is 0 Å². The summed E-state index contributed by atoms with van der Waals surface area (Å²) in [7, 11) is 0. The van der Waals surface area contributed by atoms with Crippen LogP contribution in [-0.2, 0) is 12.8 Å². The summed E-state index contributed by atoms with van der Waals surface area (Å²) in [5, 5.41) is 3.40. The Morgan fingerprint density at radius 2 is 2.00 bits per heavy atom. The summed E-state index contributed by atoms with van der Waals surface area (Å²) in [5.41, 5.74) is 2.76. The Hall–Kier alpha value is -1.06. The summed E-state index contributed by atoms with van der Waals surface area (Å²) < 4.78 is 5.75. The van der Waals surface area contributed by atoms with E-state index in [-0.39, 0.29) is 0 Å². The lowest BCUT2D eigenvalue weighted by Crippen LogP contribution is -2.44. The molecule has 3 heteroatoms. The van der Waals surface area contributed by atoms with Crippen molar-refractivity contribution in [3.8, 4) is 5.75 Å². The second-order valence-corrected chi connectivity index (χ2v) is 5.07. The molecule has 0 bridgehead atoms. The molecular formula is C16H26N2O. The first-order valence-electron chi connectivity index (χ1n) is 7.51. The monoisotopic (exact) mass is 262 g/mol. The number of hydrogen-bond donors (Lipinski definition) is 1. The van der Waals surface area contributed by atoms with Gasteiger partial charge in [-0.05, 0) is 37.0 Å². The van der Waals surface area contributed by atoms with Gasteiger partial charge in [-0.3, -0.25) is 0 Å². The first kappa shape index (κ1) is 14.4. The average molecular weight is 262 g/mol. The molecule has 0 amide bonds. The molecule has 1 heterocycles. The van der Waals surface area contributed by atoms with Gasteiger partial charge in [-0.2, -0.15) is 0 Å². The lowest BCUT2D eigenvalue weighted by atomic mass is 10.0. The Morgan fingerprint density at radius 1 is 1.21 bits per heavy atom. The fraction of sp³-hybridized carbons (Fsp3) is 0.625. The molecule has 1 aromatic rings. The van der Waals surface area contributed by atoms with Crippen molar-refractivity contribution >= 4 is 0 Å². The molecule has 1 aromatic carbocycles. The molecule has 19 heavy (non-hydrogen) atoms. The summed E-state index contributed by atoms with van der Waals surface area (Å²) in [4.78, 5) is 2.53. The van der Waals surface area contributed by atoms with Crippen molar-refractivity contribution in [2.75, 3.05) is 39.3 Å². The number of nitrogens with zero attached hydrogens (tertiary/aromatic N) is 1. The Bertz CT molecular complexity index is 386. The third kappa shape index (κ3) is 4.22. The molecule has 2 rings (SSSR count). The fourth-order valence-electron chi connectivity index (χ4n) is 2.56. The minimum Gasteiger partial charge on any atom is -0.494 e. The van der Waals surface area contributed by atoms with Crippen molar-refractivity contribution in [1.29, 1.82) is 0 Å². The van der Waals surface area contributed by atoms with Crippen LogP contribution < -0.4 is 10.1 Å². The Morgan fingerprint density at radius 3 is 2.68 bits per heavy atom. The van der Waals surface area contributed by atoms with E-state index in [1.54, 1.807) is 0 Å². The molecule has 0 unspecified atom stereocenters. The summed E-state index contributed by atoms with van der Waals surface area (Å²) in [6, 6.07) is 6.63. The van der Waals surface area contributed by atoms with E-state index in [4.69, 9.17) is 4.74 Å². The molecule has 3 nitrogen and oxygen atoms in total. The van der Waals surface area contributed by atoms with E-state index in [9.17, 15) is 0 Å². The molecule has 0 radical (unpaired) electrons. The molecule has 0 atom stereocenters. The standard InChI is InChI=1S/C16H26N2O/c1-3-14-5-6-16(19-4-2)15(13-14)7-10-18-11-8-17-9-12-18/h5-6,13,17H,3-4,7-12H2,1-2H3. The van der Waals surface area contributed by atoms with Gasteiger partial charge in [0, 0.05) is 32.7 Å². The van der Waals surface area contributed by atoms with E-state index < -0.39 is 0 Å². The van der Waals surface area contributed by atoms with Crippen molar-refractivity contribution in [1.82, 2.24) is 10.2 Å². The van der Waals surface area contributed by atoms with E-state index in [0.29, 0.717) is 0 Å². The predicted octanol–water partition coefficient (Wildman–Crippen LogP) is 2.10. The van der Waals surface area contributed by atoms with Crippen molar-refractivity contribution in [3.05, 3.63) is 29.3 Å². The third-order valence-electron chi connectivity index (χ3n) is 3.74. The molecule has 0 spiro atoms. The highest BCUT2D eigenvalue weighted by Crippen LogP contribution is 2.21. The van der Waals surface area contributed by atoms with Crippen LogP contribution in [0.15, 0.2) is 18.2 Å². The largest absolute Gasteiger partial charge is 0.494 e. The maximum atomic E-state index is 5.75. The van der Waals surface area contributed by atoms with Gasteiger partial charge in [0.1, 0.15) is 5.75 Å². The van der Waals surface area contributed by atoms with Crippen LogP contribution in [0.2, 0.25) is 0 Å². The van der Waals surface area contributed by atoms with Gasteiger partial charge in [0.25, 0.3) is 0 Å². The highest BCUT2D eigenvalue weighted by molar-refractivity contribution is 5.37. The Balaban J connectivity index is 1.99. The van der Waals surface area contributed by atoms with Gasteiger partial charge in [0.2, 0.25) is 0 Å². The van der Waals surface area contributed by atoms with Crippen molar-refractivity contribution in [2.45, 2.75) is 26.7 Å². The lowest BCUT2D eigenvalue weighted by Gasteiger charge is -2.27. The number of nitrogens with one attached hydrogen (secondary N) is 1. The van der Waals surface area contributed by atoms with Crippen molar-refractivity contribution < 1.29 is 4.74 Å². The van der Waals surface area contributed by atoms with Crippen LogP contribution in [0, 0.1) is 0 Å². The first-order valence-corrected chi connectivity index (χ1v) is 7.51. The second kappa shape index (κ2) is 7.51. The highest BCUT2D eigenvalue weighted by Gasteiger charge is 2.11. The number of rotatable bonds is 6. The van der Waals surface area contributed by atoms with Crippen LogP contribution in [0.4, 0.5) is 0 Å². The molecule has 1 N–H and O–H groups in total. The summed E-state index contributed by atoms with van der Waals surface area (Å²) in [6.07, 6.45) is 2.18. The van der Waals surface area contributed by atoms with Gasteiger partial charge < -0.3 is 15.0 Å². The molecule has 1 fully saturated rings. The van der Waals surface area contributed by atoms with Crippen LogP contribution in [0.3, 0.4) is 0 Å². The topological polar surface area (TPSA) is 24.5 Å². The van der Waals surface area contributed by atoms with Crippen LogP contribution in [0.25, 0.3) is 0 Å². The number of piperazine rings is 1.